The van der Waals surface area contributed by atoms with Crippen molar-refractivity contribution in [3.63, 3.8) is 0 Å². The highest BCUT2D eigenvalue weighted by Crippen LogP contribution is 2.35. The molecule has 0 atom stereocenters. The molecule has 8 heteroatoms. The van der Waals surface area contributed by atoms with Gasteiger partial charge in [-0.05, 0) is 12.1 Å². The first kappa shape index (κ1) is 10.8. The second-order valence-electron chi connectivity index (χ2n) is 3.65. The molecule has 0 fully saturated rings. The third-order valence-corrected chi connectivity index (χ3v) is 3.93. The van der Waals surface area contributed by atoms with Crippen LogP contribution in [0.5, 0.6) is 0 Å². The van der Waals surface area contributed by atoms with E-state index in [4.69, 9.17) is 4.42 Å². The summed E-state index contributed by atoms with van der Waals surface area (Å²) in [5, 5.41) is 0. The molecule has 18 heavy (non-hydrogen) atoms. The van der Waals surface area contributed by atoms with Gasteiger partial charge in [-0.3, -0.25) is 14.5 Å². The van der Waals surface area contributed by atoms with E-state index >= 15 is 0 Å². The largest absolute Gasteiger partial charge is 0.419 e. The molecule has 0 saturated carbocycles. The molecule has 1 aromatic heterocycles. The van der Waals surface area contributed by atoms with Crippen molar-refractivity contribution in [2.45, 2.75) is 4.90 Å². The van der Waals surface area contributed by atoms with E-state index in [0.717, 1.165) is 0 Å². The monoisotopic (exact) mass is 266 g/mol. The van der Waals surface area contributed by atoms with Crippen LogP contribution in [0.1, 0.15) is 0 Å². The summed E-state index contributed by atoms with van der Waals surface area (Å²) >= 11 is 0. The van der Waals surface area contributed by atoms with Crippen LogP contribution < -0.4 is 16.0 Å². The maximum atomic E-state index is 11.9. The zero-order chi connectivity index (χ0) is 12.9. The summed E-state index contributed by atoms with van der Waals surface area (Å²) in [5.74, 6) is -1.01. The molecule has 2 aromatic rings. The number of sulfonamides is 1. The summed E-state index contributed by atoms with van der Waals surface area (Å²) in [4.78, 5) is 24.5. The molecule has 2 heterocycles. The Hall–Kier alpha value is -2.35. The fourth-order valence-electron chi connectivity index (χ4n) is 1.79. The van der Waals surface area contributed by atoms with E-state index in [1.165, 1.54) is 18.2 Å². The molecule has 2 N–H and O–H groups in total. The average molecular weight is 266 g/mol. The molecule has 0 bridgehead atoms. The van der Waals surface area contributed by atoms with Crippen LogP contribution in [-0.4, -0.2) is 13.4 Å². The minimum atomic E-state index is -3.82. The SMILES string of the molecule is O=c1[nH]c(=O)c2c(o1)-c1ccccc1S(=O)(=O)N2. The van der Waals surface area contributed by atoms with Gasteiger partial charge in [0.2, 0.25) is 0 Å². The number of hydrogen-bond acceptors (Lipinski definition) is 5. The number of aromatic amines is 1. The first-order chi connectivity index (χ1) is 8.49. The van der Waals surface area contributed by atoms with Crippen molar-refractivity contribution < 1.29 is 12.8 Å². The first-order valence-electron chi connectivity index (χ1n) is 4.89. The van der Waals surface area contributed by atoms with Crippen LogP contribution in [0.3, 0.4) is 0 Å². The maximum Gasteiger partial charge on any atom is 0.419 e. The van der Waals surface area contributed by atoms with Gasteiger partial charge in [-0.25, -0.2) is 13.2 Å². The van der Waals surface area contributed by atoms with Crippen molar-refractivity contribution >= 4 is 15.7 Å². The van der Waals surface area contributed by atoms with Crippen LogP contribution in [0.4, 0.5) is 5.69 Å². The Morgan fingerprint density at radius 2 is 1.83 bits per heavy atom. The van der Waals surface area contributed by atoms with Crippen molar-refractivity contribution in [1.29, 1.82) is 0 Å². The summed E-state index contributed by atoms with van der Waals surface area (Å²) in [7, 11) is -3.82. The van der Waals surface area contributed by atoms with Crippen LogP contribution in [0.25, 0.3) is 11.3 Å². The summed E-state index contributed by atoms with van der Waals surface area (Å²) in [6, 6.07) is 5.95. The van der Waals surface area contributed by atoms with E-state index in [-0.39, 0.29) is 21.9 Å². The summed E-state index contributed by atoms with van der Waals surface area (Å²) < 4.78 is 30.7. The number of anilines is 1. The van der Waals surface area contributed by atoms with Crippen molar-refractivity contribution in [2.75, 3.05) is 4.72 Å². The molecule has 0 aliphatic carbocycles. The van der Waals surface area contributed by atoms with Gasteiger partial charge in [0, 0.05) is 5.56 Å². The van der Waals surface area contributed by atoms with Crippen LogP contribution in [0.2, 0.25) is 0 Å². The molecule has 0 radical (unpaired) electrons. The van der Waals surface area contributed by atoms with Gasteiger partial charge >= 0.3 is 5.76 Å². The minimum Gasteiger partial charge on any atom is -0.407 e. The van der Waals surface area contributed by atoms with Gasteiger partial charge in [0.05, 0.1) is 4.90 Å². The normalized spacial score (nSPS) is 15.3. The van der Waals surface area contributed by atoms with Crippen molar-refractivity contribution in [2.24, 2.45) is 0 Å². The molecular weight excluding hydrogens is 260 g/mol. The highest BCUT2D eigenvalue weighted by molar-refractivity contribution is 7.93. The number of hydrogen-bond donors (Lipinski definition) is 2. The predicted octanol–water partition coefficient (Wildman–Crippen LogP) is 0.109. The Bertz CT molecular complexity index is 862. The standard InChI is InChI=1S/C10H6N2O5S/c13-9-7-8(17-10(14)11-9)5-3-1-2-4-6(5)18(15,16)12-7/h1-4,12H,(H,11,13,14). The van der Waals surface area contributed by atoms with Gasteiger partial charge in [0.1, 0.15) is 0 Å². The molecule has 0 saturated heterocycles. The van der Waals surface area contributed by atoms with Gasteiger partial charge in [-0.1, -0.05) is 12.1 Å². The van der Waals surface area contributed by atoms with E-state index < -0.39 is 21.3 Å². The number of H-pyrrole nitrogens is 1. The Morgan fingerprint density at radius 1 is 1.11 bits per heavy atom. The smallest absolute Gasteiger partial charge is 0.407 e. The third-order valence-electron chi connectivity index (χ3n) is 2.52. The molecule has 92 valence electrons. The summed E-state index contributed by atoms with van der Waals surface area (Å²) in [6.07, 6.45) is 0. The van der Waals surface area contributed by atoms with E-state index in [0.29, 0.717) is 0 Å². The molecule has 3 rings (SSSR count). The quantitative estimate of drug-likeness (QED) is 0.703. The van der Waals surface area contributed by atoms with Crippen LogP contribution in [-0.2, 0) is 10.0 Å². The lowest BCUT2D eigenvalue weighted by atomic mass is 10.1. The van der Waals surface area contributed by atoms with E-state index in [2.05, 4.69) is 4.72 Å². The number of rotatable bonds is 0. The van der Waals surface area contributed by atoms with Gasteiger partial charge in [0.15, 0.2) is 11.4 Å². The van der Waals surface area contributed by atoms with Crippen molar-refractivity contribution in [1.82, 2.24) is 4.98 Å². The lowest BCUT2D eigenvalue weighted by Gasteiger charge is -2.18. The van der Waals surface area contributed by atoms with Crippen LogP contribution in [0.15, 0.2) is 43.2 Å². The maximum absolute atomic E-state index is 11.9. The molecule has 1 aromatic carbocycles. The van der Waals surface area contributed by atoms with Crippen LogP contribution in [0, 0.1) is 0 Å². The molecule has 1 aliphatic heterocycles. The zero-order valence-corrected chi connectivity index (χ0v) is 9.58. The Kier molecular flexibility index (Phi) is 1.99. The fourth-order valence-corrected chi connectivity index (χ4v) is 3.06. The topological polar surface area (TPSA) is 109 Å². The van der Waals surface area contributed by atoms with E-state index in [1.807, 2.05) is 4.98 Å². The predicted molar refractivity (Wildman–Crippen MR) is 61.8 cm³/mol. The summed E-state index contributed by atoms with van der Waals surface area (Å²) in [6.45, 7) is 0. The van der Waals surface area contributed by atoms with E-state index in [1.54, 1.807) is 6.07 Å². The highest BCUT2D eigenvalue weighted by atomic mass is 32.2. The lowest BCUT2D eigenvalue weighted by Crippen LogP contribution is -2.29. The molecule has 1 aliphatic rings. The Morgan fingerprint density at radius 3 is 2.61 bits per heavy atom. The van der Waals surface area contributed by atoms with Crippen LogP contribution >= 0.6 is 0 Å². The average Bonchev–Trinajstić information content (AvgIpc) is 2.31. The Balaban J connectivity index is 2.52. The van der Waals surface area contributed by atoms with Crippen molar-refractivity contribution in [3.05, 3.63) is 45.2 Å². The number of benzene rings is 1. The molecule has 0 amide bonds. The number of fused-ring (bicyclic) bond motifs is 3. The second kappa shape index (κ2) is 3.33. The van der Waals surface area contributed by atoms with Gasteiger partial charge in [0.25, 0.3) is 15.6 Å². The molecular formula is C10H6N2O5S. The molecule has 0 unspecified atom stereocenters. The van der Waals surface area contributed by atoms with Gasteiger partial charge in [-0.15, -0.1) is 0 Å². The summed E-state index contributed by atoms with van der Waals surface area (Å²) in [5.41, 5.74) is -0.929. The molecule has 7 nitrogen and oxygen atoms in total. The number of nitrogens with one attached hydrogen (secondary N) is 2. The third kappa shape index (κ3) is 1.39. The number of aromatic nitrogens is 1. The van der Waals surface area contributed by atoms with Gasteiger partial charge < -0.3 is 4.42 Å². The van der Waals surface area contributed by atoms with E-state index in [9.17, 15) is 18.0 Å². The van der Waals surface area contributed by atoms with Crippen molar-refractivity contribution in [3.8, 4) is 11.3 Å². The molecule has 0 spiro atoms. The fraction of sp³-hybridized carbons (Fsp3) is 0. The zero-order valence-electron chi connectivity index (χ0n) is 8.76. The lowest BCUT2D eigenvalue weighted by molar-refractivity contribution is 0.494. The first-order valence-corrected chi connectivity index (χ1v) is 6.37. The second-order valence-corrected chi connectivity index (χ2v) is 5.30. The van der Waals surface area contributed by atoms with Gasteiger partial charge in [-0.2, -0.15) is 0 Å². The highest BCUT2D eigenvalue weighted by Gasteiger charge is 2.31. The Labute approximate surface area is 100 Å². The minimum absolute atomic E-state index is 0.0359.